The molecule has 0 radical (unpaired) electrons. The molecule has 0 amide bonds. The maximum Gasteiger partial charge on any atom is 0.0472 e. The minimum atomic E-state index is 0. The van der Waals surface area contributed by atoms with Crippen LogP contribution in [0.3, 0.4) is 0 Å². The smallest absolute Gasteiger partial charge is 0.0472 e. The second-order valence-electron chi connectivity index (χ2n) is 23.6. The second-order valence-corrected chi connectivity index (χ2v) is 26.1. The fraction of sp³-hybridized carbons (Fsp3) is 0. The van der Waals surface area contributed by atoms with Gasteiger partial charge in [-0.1, -0.05) is 253 Å². The number of hydrogen-bond acceptors (Lipinski definition) is 3. The van der Waals surface area contributed by atoms with Gasteiger partial charge in [0.2, 0.25) is 0 Å². The molecule has 0 saturated heterocycles. The van der Waals surface area contributed by atoms with E-state index in [0.717, 1.165) is 64.6 Å². The van der Waals surface area contributed by atoms with Crippen LogP contribution in [0.2, 0.25) is 0 Å². The predicted octanol–water partition coefficient (Wildman–Crippen LogP) is 28.0. The number of anilines is 9. The van der Waals surface area contributed by atoms with Crippen molar-refractivity contribution in [3.63, 3.8) is 0 Å². The number of fused-ring (bicyclic) bond motifs is 6. The molecule has 3 nitrogen and oxygen atoms in total. The van der Waals surface area contributed by atoms with Crippen LogP contribution in [-0.2, 0) is 21.1 Å². The summed E-state index contributed by atoms with van der Waals surface area (Å²) in [5.74, 6) is 0. The van der Waals surface area contributed by atoms with Gasteiger partial charge in [-0.3, -0.25) is 0 Å². The van der Waals surface area contributed by atoms with E-state index in [-0.39, 0.29) is 21.1 Å². The Morgan fingerprint density at radius 3 is 0.711 bits per heavy atom. The van der Waals surface area contributed by atoms with Gasteiger partial charge >= 0.3 is 0 Å². The van der Waals surface area contributed by atoms with E-state index in [9.17, 15) is 0 Å². The Balaban J connectivity index is 0.000000159. The summed E-state index contributed by atoms with van der Waals surface area (Å²) in [6.07, 6.45) is 0. The first-order valence-corrected chi connectivity index (χ1v) is 34.5. The van der Waals surface area contributed by atoms with Crippen LogP contribution in [-0.4, -0.2) is 0 Å². The summed E-state index contributed by atoms with van der Waals surface area (Å²) in [6.45, 7) is 0. The Morgan fingerprint density at radius 1 is 0.175 bits per heavy atom. The second kappa shape index (κ2) is 29.4. The van der Waals surface area contributed by atoms with Crippen LogP contribution in [0.4, 0.5) is 51.2 Å². The molecule has 0 unspecified atom stereocenters. The van der Waals surface area contributed by atoms with Crippen LogP contribution in [0.5, 0.6) is 0 Å². The topological polar surface area (TPSA) is 9.72 Å². The molecule has 0 aliphatic heterocycles. The van der Waals surface area contributed by atoms with E-state index in [0.29, 0.717) is 0 Å². The van der Waals surface area contributed by atoms with Gasteiger partial charge in [0.15, 0.2) is 0 Å². The monoisotopic (exact) mass is 1610 g/mol. The molecule has 0 heterocycles. The van der Waals surface area contributed by atoms with Crippen molar-refractivity contribution >= 4 is 164 Å². The van der Waals surface area contributed by atoms with Gasteiger partial charge in [-0.05, 0) is 258 Å². The molecule has 0 N–H and O–H groups in total. The zero-order valence-electron chi connectivity index (χ0n) is 52.7. The molecule has 464 valence electrons. The first-order valence-electron chi connectivity index (χ1n) is 32.1. The summed E-state index contributed by atoms with van der Waals surface area (Å²) in [5, 5.41) is 14.9. The van der Waals surface area contributed by atoms with Crippen LogP contribution in [0.15, 0.2) is 390 Å². The fourth-order valence-corrected chi connectivity index (χ4v) is 15.0. The third kappa shape index (κ3) is 13.4. The number of nitrogens with zero attached hydrogens (tertiary/aromatic N) is 3. The van der Waals surface area contributed by atoms with E-state index >= 15 is 0 Å². The number of hydrogen-bond donors (Lipinski definition) is 0. The molecule has 0 aliphatic rings. The van der Waals surface area contributed by atoms with Gasteiger partial charge in [-0.2, -0.15) is 0 Å². The van der Waals surface area contributed by atoms with Crippen LogP contribution < -0.4 is 14.7 Å². The van der Waals surface area contributed by atoms with E-state index in [1.54, 1.807) is 0 Å². The molecule has 17 aromatic rings. The van der Waals surface area contributed by atoms with E-state index in [4.69, 9.17) is 0 Å². The van der Waals surface area contributed by atoms with Crippen molar-refractivity contribution in [1.82, 2.24) is 0 Å². The maximum absolute atomic E-state index is 3.78. The van der Waals surface area contributed by atoms with Gasteiger partial charge in [0, 0.05) is 85.7 Å². The molecule has 0 aromatic heterocycles. The maximum atomic E-state index is 3.78. The summed E-state index contributed by atoms with van der Waals surface area (Å²) >= 11 is 11.1. The Morgan fingerprint density at radius 2 is 0.412 bits per heavy atom. The number of rotatable bonds is 11. The Bertz CT molecular complexity index is 5190. The predicted molar refractivity (Wildman–Crippen MR) is 422 cm³/mol. The van der Waals surface area contributed by atoms with Gasteiger partial charge < -0.3 is 14.7 Å². The molecule has 17 rings (SSSR count). The summed E-state index contributed by atoms with van der Waals surface area (Å²) in [6, 6.07) is 134. The van der Waals surface area contributed by atoms with Gasteiger partial charge in [0.1, 0.15) is 0 Å². The number of halogens is 3. The quantitative estimate of drug-likeness (QED) is 0.120. The third-order valence-electron chi connectivity index (χ3n) is 17.6. The van der Waals surface area contributed by atoms with Crippen molar-refractivity contribution < 1.29 is 21.1 Å². The zero-order chi connectivity index (χ0) is 64.7. The summed E-state index contributed by atoms with van der Waals surface area (Å²) in [7, 11) is 0. The average Bonchev–Trinajstić information content (AvgIpc) is 0.737. The number of para-hydroxylation sites is 6. The Labute approximate surface area is 605 Å². The SMILES string of the molecule is Brc1c2ccccc2c(Br)c2cc3ccccc3cc12.Brc1cccc(N(c2ccccc2)c2ccccc2)c1.[W].c1ccc(N(c2ccccc2)c2cccc(-c3c4ccccc4c(-c4cccc(N(c5ccccc5)c5ccccc5)c4)c4cc5ccccc5cc34)c2)cc1. The average molecular weight is 1610 g/mol. The molecule has 0 spiro atoms. The van der Waals surface area contributed by atoms with Crippen molar-refractivity contribution in [3.05, 3.63) is 390 Å². The first kappa shape index (κ1) is 64.2. The van der Waals surface area contributed by atoms with Crippen molar-refractivity contribution in [2.75, 3.05) is 14.7 Å². The standard InChI is InChI=1S/C54H38N2.C18H10Br2.C18H14BrN.W/c1-5-23-43(24-6-1)55(44-25-7-2-8-26-44)47-31-17-21-41(35-47)53-49-33-15-16-34-50(49)54(52-38-40-20-14-13-19-39(40)37-51(52)53)42-22-18-32-48(36-42)56(45-27-9-3-10-28-45)46-29-11-4-12-30-46;19-17-13-7-3-4-8-14(13)18(20)16-10-12-6-2-1-5-11(12)9-15(16)17;19-15-8-7-13-18(14-15)20(16-9-3-1-4-10-16)17-11-5-2-6-12-17;/h1-38H;1-10H;1-14H;. The van der Waals surface area contributed by atoms with E-state index in [1.807, 2.05) is 18.2 Å². The Kier molecular flexibility index (Phi) is 19.5. The van der Waals surface area contributed by atoms with E-state index in [1.165, 1.54) is 86.9 Å². The molecular formula is C90H62Br3N3W. The van der Waals surface area contributed by atoms with E-state index in [2.05, 4.69) is 420 Å². The molecule has 0 fully saturated rings. The zero-order valence-corrected chi connectivity index (χ0v) is 60.4. The molecule has 17 aromatic carbocycles. The largest absolute Gasteiger partial charge is 0.310 e. The first-order chi connectivity index (χ1) is 47.4. The van der Waals surface area contributed by atoms with Gasteiger partial charge in [0.25, 0.3) is 0 Å². The molecular weight excluding hydrogens is 1550 g/mol. The van der Waals surface area contributed by atoms with Crippen molar-refractivity contribution in [3.8, 4) is 22.3 Å². The van der Waals surface area contributed by atoms with Gasteiger partial charge in [-0.25, -0.2) is 0 Å². The van der Waals surface area contributed by atoms with Crippen molar-refractivity contribution in [1.29, 1.82) is 0 Å². The van der Waals surface area contributed by atoms with E-state index < -0.39 is 0 Å². The normalized spacial score (nSPS) is 11.0. The molecule has 0 atom stereocenters. The summed E-state index contributed by atoms with van der Waals surface area (Å²) < 4.78 is 3.40. The molecule has 97 heavy (non-hydrogen) atoms. The molecule has 7 heteroatoms. The minimum Gasteiger partial charge on any atom is -0.310 e. The van der Waals surface area contributed by atoms with Crippen LogP contribution in [0, 0.1) is 0 Å². The fourth-order valence-electron chi connectivity index (χ4n) is 13.3. The molecule has 0 saturated carbocycles. The van der Waals surface area contributed by atoms with Crippen molar-refractivity contribution in [2.45, 2.75) is 0 Å². The number of benzene rings is 17. The van der Waals surface area contributed by atoms with Crippen LogP contribution in [0.25, 0.3) is 86.9 Å². The third-order valence-corrected chi connectivity index (χ3v) is 19.8. The Hall–Kier alpha value is -10.2. The van der Waals surface area contributed by atoms with Gasteiger partial charge in [-0.15, -0.1) is 0 Å². The van der Waals surface area contributed by atoms with Crippen LogP contribution in [0.1, 0.15) is 0 Å². The van der Waals surface area contributed by atoms with Gasteiger partial charge in [0.05, 0.1) is 0 Å². The minimum absolute atomic E-state index is 0. The summed E-state index contributed by atoms with van der Waals surface area (Å²) in [4.78, 5) is 6.92. The van der Waals surface area contributed by atoms with Crippen LogP contribution >= 0.6 is 47.8 Å². The summed E-state index contributed by atoms with van der Waals surface area (Å²) in [5.41, 5.74) is 14.9. The molecule has 0 bridgehead atoms. The molecule has 0 aliphatic carbocycles. The van der Waals surface area contributed by atoms with Crippen molar-refractivity contribution in [2.24, 2.45) is 0 Å².